The molecule has 0 radical (unpaired) electrons. The Balaban J connectivity index is 2.02. The number of ether oxygens (including phenoxy) is 2. The number of nitrogens with two attached hydrogens (primary N) is 1. The highest BCUT2D eigenvalue weighted by Crippen LogP contribution is 2.36. The molecule has 2 aromatic rings. The van der Waals surface area contributed by atoms with Gasteiger partial charge < -0.3 is 14.4 Å². The van der Waals surface area contributed by atoms with E-state index in [1.807, 2.05) is 24.3 Å². The fraction of sp³-hybridized carbons (Fsp3) is 0.278. The maximum atomic E-state index is 12.5. The van der Waals surface area contributed by atoms with Gasteiger partial charge in [0.15, 0.2) is 0 Å². The van der Waals surface area contributed by atoms with E-state index >= 15 is 0 Å². The zero-order valence-electron chi connectivity index (χ0n) is 14.6. The van der Waals surface area contributed by atoms with Gasteiger partial charge in [0.1, 0.15) is 16.4 Å². The molecule has 138 valence electrons. The van der Waals surface area contributed by atoms with Crippen LogP contribution in [0, 0.1) is 0 Å². The summed E-state index contributed by atoms with van der Waals surface area (Å²) in [6, 6.07) is 10.5. The minimum absolute atomic E-state index is 0.0290. The van der Waals surface area contributed by atoms with Crippen molar-refractivity contribution in [1.29, 1.82) is 0 Å². The number of benzene rings is 2. The van der Waals surface area contributed by atoms with Crippen molar-refractivity contribution in [1.82, 2.24) is 0 Å². The number of amides is 1. The molecule has 2 aromatic carbocycles. The van der Waals surface area contributed by atoms with E-state index in [1.165, 1.54) is 13.2 Å². The number of nitrogens with zero attached hydrogens (tertiary/aromatic N) is 1. The lowest BCUT2D eigenvalue weighted by atomic mass is 10.00. The minimum Gasteiger partial charge on any atom is -0.497 e. The van der Waals surface area contributed by atoms with Crippen LogP contribution in [0.25, 0.3) is 0 Å². The summed E-state index contributed by atoms with van der Waals surface area (Å²) in [4.78, 5) is 14.0. The normalized spacial score (nSPS) is 14.1. The zero-order valence-corrected chi connectivity index (χ0v) is 15.4. The predicted molar refractivity (Wildman–Crippen MR) is 96.9 cm³/mol. The summed E-state index contributed by atoms with van der Waals surface area (Å²) in [7, 11) is -0.957. The van der Waals surface area contributed by atoms with Gasteiger partial charge >= 0.3 is 0 Å². The number of aryl methyl sites for hydroxylation is 1. The Bertz CT molecular complexity index is 939. The molecule has 2 N–H and O–H groups in total. The second-order valence-corrected chi connectivity index (χ2v) is 7.53. The predicted octanol–water partition coefficient (Wildman–Crippen LogP) is 1.83. The number of methoxy groups -OCH3 is 2. The smallest absolute Gasteiger partial charge is 0.241 e. The van der Waals surface area contributed by atoms with Crippen LogP contribution in [-0.4, -0.2) is 28.5 Å². The van der Waals surface area contributed by atoms with Crippen LogP contribution in [0.1, 0.15) is 17.5 Å². The summed E-state index contributed by atoms with van der Waals surface area (Å²) >= 11 is 0. The van der Waals surface area contributed by atoms with Gasteiger partial charge in [-0.05, 0) is 35.7 Å². The lowest BCUT2D eigenvalue weighted by Crippen LogP contribution is -2.34. The van der Waals surface area contributed by atoms with Crippen molar-refractivity contribution >= 4 is 21.6 Å². The van der Waals surface area contributed by atoms with Gasteiger partial charge in [0.25, 0.3) is 0 Å². The van der Waals surface area contributed by atoms with Gasteiger partial charge in [0.05, 0.1) is 26.5 Å². The molecule has 0 fully saturated rings. The number of sulfonamides is 1. The average molecular weight is 376 g/mol. The van der Waals surface area contributed by atoms with Crippen LogP contribution in [-0.2, 0) is 27.8 Å². The summed E-state index contributed by atoms with van der Waals surface area (Å²) in [6.45, 7) is 0.369. The number of rotatable bonds is 5. The Hall–Kier alpha value is -2.58. The average Bonchev–Trinajstić information content (AvgIpc) is 2.63. The van der Waals surface area contributed by atoms with Gasteiger partial charge in [-0.3, -0.25) is 4.79 Å². The molecule has 0 aliphatic carbocycles. The van der Waals surface area contributed by atoms with Crippen LogP contribution >= 0.6 is 0 Å². The molecule has 1 aliphatic rings. The fourth-order valence-electron chi connectivity index (χ4n) is 3.02. The summed E-state index contributed by atoms with van der Waals surface area (Å²) < 4.78 is 33.9. The number of fused-ring (bicyclic) bond motifs is 1. The Morgan fingerprint density at radius 3 is 2.35 bits per heavy atom. The first-order chi connectivity index (χ1) is 12.3. The standard InChI is InChI=1S/C18H20N2O5S/c1-24-14-6-3-12(4-7-14)11-20-15-10-16(25-2)17(26(19,22)23)9-13(15)5-8-18(20)21/h3-4,6-7,9-10H,5,8,11H2,1-2H3,(H2,19,22,23). The van der Waals surface area contributed by atoms with Crippen LogP contribution in [0.15, 0.2) is 41.3 Å². The molecule has 8 heteroatoms. The number of primary sulfonamides is 1. The molecule has 0 spiro atoms. The quantitative estimate of drug-likeness (QED) is 0.858. The van der Waals surface area contributed by atoms with Crippen molar-refractivity contribution in [3.63, 3.8) is 0 Å². The van der Waals surface area contributed by atoms with Crippen molar-refractivity contribution in [2.24, 2.45) is 5.14 Å². The van der Waals surface area contributed by atoms with Crippen LogP contribution in [0.5, 0.6) is 11.5 Å². The van der Waals surface area contributed by atoms with E-state index < -0.39 is 10.0 Å². The molecule has 0 unspecified atom stereocenters. The minimum atomic E-state index is -3.92. The number of hydrogen-bond acceptors (Lipinski definition) is 5. The van der Waals surface area contributed by atoms with Gasteiger partial charge in [0, 0.05) is 12.5 Å². The number of carbonyl (C=O) groups is 1. The molecule has 0 saturated carbocycles. The molecule has 7 nitrogen and oxygen atoms in total. The molecule has 0 aromatic heterocycles. The number of carbonyl (C=O) groups excluding carboxylic acids is 1. The molecule has 0 bridgehead atoms. The highest BCUT2D eigenvalue weighted by Gasteiger charge is 2.28. The van der Waals surface area contributed by atoms with Crippen molar-refractivity contribution < 1.29 is 22.7 Å². The third-order valence-electron chi connectivity index (χ3n) is 4.37. The van der Waals surface area contributed by atoms with Crippen LogP contribution in [0.3, 0.4) is 0 Å². The van der Waals surface area contributed by atoms with E-state index in [2.05, 4.69) is 0 Å². The molecular formula is C18H20N2O5S. The lowest BCUT2D eigenvalue weighted by Gasteiger charge is -2.30. The van der Waals surface area contributed by atoms with E-state index in [0.717, 1.165) is 16.9 Å². The maximum absolute atomic E-state index is 12.5. The molecular weight excluding hydrogens is 356 g/mol. The third kappa shape index (κ3) is 3.51. The first-order valence-corrected chi connectivity index (χ1v) is 9.55. The molecule has 1 amide bonds. The lowest BCUT2D eigenvalue weighted by molar-refractivity contribution is -0.119. The van der Waals surface area contributed by atoms with Crippen molar-refractivity contribution in [3.05, 3.63) is 47.5 Å². The Labute approximate surface area is 152 Å². The zero-order chi connectivity index (χ0) is 18.9. The summed E-state index contributed by atoms with van der Waals surface area (Å²) in [5.74, 6) is 0.831. The summed E-state index contributed by atoms with van der Waals surface area (Å²) in [6.07, 6.45) is 0.763. The maximum Gasteiger partial charge on any atom is 0.241 e. The first-order valence-electron chi connectivity index (χ1n) is 8.00. The van der Waals surface area contributed by atoms with Crippen LogP contribution < -0.4 is 19.5 Å². The summed E-state index contributed by atoms with van der Waals surface area (Å²) in [5, 5.41) is 5.28. The largest absolute Gasteiger partial charge is 0.497 e. The van der Waals surface area contributed by atoms with Gasteiger partial charge in [-0.15, -0.1) is 0 Å². The molecule has 0 saturated heterocycles. The Kier molecular flexibility index (Phi) is 4.88. The monoisotopic (exact) mass is 376 g/mol. The van der Waals surface area contributed by atoms with Crippen LogP contribution in [0.2, 0.25) is 0 Å². The molecule has 0 atom stereocenters. The van der Waals surface area contributed by atoms with Crippen molar-refractivity contribution in [2.75, 3.05) is 19.1 Å². The van der Waals surface area contributed by atoms with Gasteiger partial charge in [0.2, 0.25) is 15.9 Å². The second kappa shape index (κ2) is 6.97. The van der Waals surface area contributed by atoms with E-state index in [0.29, 0.717) is 25.1 Å². The molecule has 3 rings (SSSR count). The SMILES string of the molecule is COc1ccc(CN2C(=O)CCc3cc(S(N)(=O)=O)c(OC)cc32)cc1. The molecule has 1 heterocycles. The first kappa shape index (κ1) is 18.2. The Morgan fingerprint density at radius 2 is 1.77 bits per heavy atom. The van der Waals surface area contributed by atoms with E-state index in [4.69, 9.17) is 14.6 Å². The molecule has 26 heavy (non-hydrogen) atoms. The van der Waals surface area contributed by atoms with E-state index in [9.17, 15) is 13.2 Å². The van der Waals surface area contributed by atoms with Crippen LogP contribution in [0.4, 0.5) is 5.69 Å². The van der Waals surface area contributed by atoms with Gasteiger partial charge in [-0.2, -0.15) is 0 Å². The van der Waals surface area contributed by atoms with Gasteiger partial charge in [-0.1, -0.05) is 12.1 Å². The van der Waals surface area contributed by atoms with Gasteiger partial charge in [-0.25, -0.2) is 13.6 Å². The highest BCUT2D eigenvalue weighted by molar-refractivity contribution is 7.89. The van der Waals surface area contributed by atoms with Crippen molar-refractivity contribution in [3.8, 4) is 11.5 Å². The number of anilines is 1. The molecule has 1 aliphatic heterocycles. The fourth-order valence-corrected chi connectivity index (χ4v) is 3.75. The topological polar surface area (TPSA) is 98.9 Å². The third-order valence-corrected chi connectivity index (χ3v) is 5.30. The highest BCUT2D eigenvalue weighted by atomic mass is 32.2. The van der Waals surface area contributed by atoms with Crippen molar-refractivity contribution in [2.45, 2.75) is 24.3 Å². The second-order valence-electron chi connectivity index (χ2n) is 6.00. The Morgan fingerprint density at radius 1 is 1.08 bits per heavy atom. The number of hydrogen-bond donors (Lipinski definition) is 1. The van der Waals surface area contributed by atoms with E-state index in [-0.39, 0.29) is 16.6 Å². The summed E-state index contributed by atoms with van der Waals surface area (Å²) in [5.41, 5.74) is 2.32. The van der Waals surface area contributed by atoms with E-state index in [1.54, 1.807) is 18.1 Å².